The fourth-order valence-corrected chi connectivity index (χ4v) is 1.43. The van der Waals surface area contributed by atoms with E-state index in [2.05, 4.69) is 9.97 Å². The minimum Gasteiger partial charge on any atom is -0.480 e. The summed E-state index contributed by atoms with van der Waals surface area (Å²) in [7, 11) is 1.55. The summed E-state index contributed by atoms with van der Waals surface area (Å²) in [5.41, 5.74) is 0.456. The topological polar surface area (TPSA) is 59.7 Å². The molecule has 15 heavy (non-hydrogen) atoms. The number of ether oxygens (including phenoxy) is 1. The van der Waals surface area contributed by atoms with Crippen LogP contribution in [0.5, 0.6) is 5.88 Å². The third-order valence-electron chi connectivity index (χ3n) is 2.21. The molecule has 2 rings (SSSR count). The molecule has 5 heteroatoms. The van der Waals surface area contributed by atoms with Crippen LogP contribution >= 0.6 is 0 Å². The van der Waals surface area contributed by atoms with Gasteiger partial charge in [-0.25, -0.2) is 9.97 Å². The molecule has 0 saturated carbocycles. The Morgan fingerprint density at radius 2 is 2.07 bits per heavy atom. The van der Waals surface area contributed by atoms with Gasteiger partial charge in [-0.2, -0.15) is 0 Å². The molecule has 0 aliphatic heterocycles. The Morgan fingerprint density at radius 3 is 2.67 bits per heavy atom. The zero-order valence-electron chi connectivity index (χ0n) is 8.93. The van der Waals surface area contributed by atoms with E-state index < -0.39 is 5.60 Å². The van der Waals surface area contributed by atoms with Crippen LogP contribution < -0.4 is 4.74 Å². The monoisotopic (exact) mass is 207 g/mol. The number of rotatable bonds is 2. The Bertz CT molecular complexity index is 485. The fraction of sp³-hybridized carbons (Fsp3) is 0.400. The summed E-state index contributed by atoms with van der Waals surface area (Å²) < 4.78 is 6.79. The normalized spacial score (nSPS) is 12.0. The lowest BCUT2D eigenvalue weighted by Gasteiger charge is -2.16. The number of aromatic nitrogens is 3. The van der Waals surface area contributed by atoms with E-state index in [0.29, 0.717) is 17.2 Å². The smallest absolute Gasteiger partial charge is 0.230 e. The van der Waals surface area contributed by atoms with Crippen LogP contribution in [-0.4, -0.2) is 26.6 Å². The lowest BCUT2D eigenvalue weighted by atomic mass is 10.1. The van der Waals surface area contributed by atoms with E-state index >= 15 is 0 Å². The molecule has 0 atom stereocenters. The molecule has 2 aromatic rings. The second-order valence-corrected chi connectivity index (χ2v) is 3.86. The zero-order valence-corrected chi connectivity index (χ0v) is 8.93. The van der Waals surface area contributed by atoms with E-state index in [1.165, 1.54) is 0 Å². The Labute approximate surface area is 87.4 Å². The van der Waals surface area contributed by atoms with Gasteiger partial charge in [0.25, 0.3) is 0 Å². The van der Waals surface area contributed by atoms with Crippen molar-refractivity contribution in [3.05, 3.63) is 24.3 Å². The molecule has 1 N–H and O–H groups in total. The summed E-state index contributed by atoms with van der Waals surface area (Å²) in [5, 5.41) is 9.92. The maximum Gasteiger partial charge on any atom is 0.230 e. The lowest BCUT2D eigenvalue weighted by Crippen LogP contribution is -2.18. The maximum absolute atomic E-state index is 9.92. The minimum atomic E-state index is -0.939. The largest absolute Gasteiger partial charge is 0.480 e. The van der Waals surface area contributed by atoms with E-state index in [1.807, 2.05) is 0 Å². The highest BCUT2D eigenvalue weighted by molar-refractivity contribution is 5.40. The summed E-state index contributed by atoms with van der Waals surface area (Å²) in [6, 6.07) is 0. The van der Waals surface area contributed by atoms with Crippen LogP contribution in [0.1, 0.15) is 19.5 Å². The van der Waals surface area contributed by atoms with Gasteiger partial charge in [-0.1, -0.05) is 0 Å². The molecule has 80 valence electrons. The van der Waals surface area contributed by atoms with Gasteiger partial charge >= 0.3 is 0 Å². The van der Waals surface area contributed by atoms with Crippen molar-refractivity contribution in [3.63, 3.8) is 0 Å². The summed E-state index contributed by atoms with van der Waals surface area (Å²) in [6.07, 6.45) is 4.94. The van der Waals surface area contributed by atoms with Crippen LogP contribution in [0.3, 0.4) is 0 Å². The second kappa shape index (κ2) is 3.20. The minimum absolute atomic E-state index is 0.492. The van der Waals surface area contributed by atoms with Crippen LogP contribution in [0.15, 0.2) is 18.6 Å². The van der Waals surface area contributed by atoms with Crippen LogP contribution in [0.4, 0.5) is 0 Å². The Hall–Kier alpha value is -1.62. The maximum atomic E-state index is 9.92. The van der Waals surface area contributed by atoms with Crippen LogP contribution in [0.25, 0.3) is 5.65 Å². The summed E-state index contributed by atoms with van der Waals surface area (Å²) in [5.74, 6) is 0.492. The first-order chi connectivity index (χ1) is 7.02. The number of imidazole rings is 1. The molecule has 0 amide bonds. The third kappa shape index (κ3) is 1.66. The van der Waals surface area contributed by atoms with Gasteiger partial charge in [0.2, 0.25) is 5.88 Å². The van der Waals surface area contributed by atoms with Crippen molar-refractivity contribution in [2.45, 2.75) is 19.4 Å². The Balaban J connectivity index is 2.67. The molecular weight excluding hydrogens is 194 g/mol. The molecule has 0 fully saturated rings. The summed E-state index contributed by atoms with van der Waals surface area (Å²) in [6.45, 7) is 3.42. The van der Waals surface area contributed by atoms with Crippen molar-refractivity contribution in [3.8, 4) is 5.88 Å². The highest BCUT2D eigenvalue weighted by Crippen LogP contribution is 2.21. The van der Waals surface area contributed by atoms with E-state index in [0.717, 1.165) is 0 Å². The summed E-state index contributed by atoms with van der Waals surface area (Å²) >= 11 is 0. The number of aliphatic hydroxyl groups is 1. The van der Waals surface area contributed by atoms with E-state index in [-0.39, 0.29) is 0 Å². The fourth-order valence-electron chi connectivity index (χ4n) is 1.43. The van der Waals surface area contributed by atoms with E-state index in [1.54, 1.807) is 43.9 Å². The van der Waals surface area contributed by atoms with Gasteiger partial charge in [0.15, 0.2) is 5.65 Å². The molecule has 2 aromatic heterocycles. The van der Waals surface area contributed by atoms with Crippen molar-refractivity contribution in [1.82, 2.24) is 14.4 Å². The average Bonchev–Trinajstić information content (AvgIpc) is 2.59. The van der Waals surface area contributed by atoms with Gasteiger partial charge in [0.05, 0.1) is 31.4 Å². The number of methoxy groups -OCH3 is 1. The molecule has 0 unspecified atom stereocenters. The van der Waals surface area contributed by atoms with Gasteiger partial charge in [-0.3, -0.25) is 4.40 Å². The van der Waals surface area contributed by atoms with Gasteiger partial charge in [-0.15, -0.1) is 0 Å². The molecule has 2 heterocycles. The Kier molecular flexibility index (Phi) is 2.12. The van der Waals surface area contributed by atoms with Crippen molar-refractivity contribution in [2.75, 3.05) is 7.11 Å². The molecule has 0 aliphatic rings. The van der Waals surface area contributed by atoms with Crippen molar-refractivity contribution in [2.24, 2.45) is 0 Å². The van der Waals surface area contributed by atoms with Crippen LogP contribution in [0, 0.1) is 0 Å². The number of hydrogen-bond donors (Lipinski definition) is 1. The molecular formula is C10H13N3O2. The molecule has 0 saturated heterocycles. The molecule has 0 aliphatic carbocycles. The van der Waals surface area contributed by atoms with E-state index in [4.69, 9.17) is 4.74 Å². The first-order valence-electron chi connectivity index (χ1n) is 4.62. The van der Waals surface area contributed by atoms with Crippen molar-refractivity contribution < 1.29 is 9.84 Å². The van der Waals surface area contributed by atoms with Gasteiger partial charge in [0.1, 0.15) is 5.60 Å². The zero-order chi connectivity index (χ0) is 11.1. The second-order valence-electron chi connectivity index (χ2n) is 3.86. The first kappa shape index (κ1) is 9.92. The predicted octanol–water partition coefficient (Wildman–Crippen LogP) is 0.965. The summed E-state index contributed by atoms with van der Waals surface area (Å²) in [4.78, 5) is 8.18. The SMILES string of the molecule is COc1cn2c(C(C)(C)O)cnc2cn1. The van der Waals surface area contributed by atoms with Gasteiger partial charge in [0, 0.05) is 0 Å². The van der Waals surface area contributed by atoms with Crippen LogP contribution in [0.2, 0.25) is 0 Å². The predicted molar refractivity (Wildman–Crippen MR) is 54.8 cm³/mol. The first-order valence-corrected chi connectivity index (χ1v) is 4.62. The standard InChI is InChI=1S/C10H13N3O2/c1-10(2,14)7-4-11-8-5-12-9(15-3)6-13(7)8/h4-6,14H,1-3H3. The third-order valence-corrected chi connectivity index (χ3v) is 2.21. The molecule has 0 aromatic carbocycles. The molecule has 5 nitrogen and oxygen atoms in total. The lowest BCUT2D eigenvalue weighted by molar-refractivity contribution is 0.0729. The quantitative estimate of drug-likeness (QED) is 0.797. The number of hydrogen-bond acceptors (Lipinski definition) is 4. The van der Waals surface area contributed by atoms with Crippen LogP contribution in [-0.2, 0) is 5.60 Å². The van der Waals surface area contributed by atoms with Gasteiger partial charge in [-0.05, 0) is 13.8 Å². The number of nitrogens with zero attached hydrogens (tertiary/aromatic N) is 3. The number of fused-ring (bicyclic) bond motifs is 1. The highest BCUT2D eigenvalue weighted by atomic mass is 16.5. The van der Waals surface area contributed by atoms with Crippen molar-refractivity contribution >= 4 is 5.65 Å². The molecule has 0 spiro atoms. The highest BCUT2D eigenvalue weighted by Gasteiger charge is 2.20. The average molecular weight is 207 g/mol. The Morgan fingerprint density at radius 1 is 1.33 bits per heavy atom. The van der Waals surface area contributed by atoms with Crippen molar-refractivity contribution in [1.29, 1.82) is 0 Å². The molecule has 0 radical (unpaired) electrons. The molecule has 0 bridgehead atoms. The van der Waals surface area contributed by atoms with Gasteiger partial charge < -0.3 is 9.84 Å². The van der Waals surface area contributed by atoms with E-state index in [9.17, 15) is 5.11 Å².